The van der Waals surface area contributed by atoms with Gasteiger partial charge in [0.05, 0.1) is 0 Å². The highest BCUT2D eigenvalue weighted by molar-refractivity contribution is 7.73. The third-order valence-electron chi connectivity index (χ3n) is 1.56. The molecule has 0 fully saturated rings. The molecule has 0 aromatic rings. The lowest BCUT2D eigenvalue weighted by Crippen LogP contribution is -2.22. The normalized spacial score (nSPS) is 12.5. The van der Waals surface area contributed by atoms with Crippen molar-refractivity contribution in [3.05, 3.63) is 0 Å². The summed E-state index contributed by atoms with van der Waals surface area (Å²) in [6, 6.07) is 0. The minimum Gasteiger partial charge on any atom is -0.275 e. The Labute approximate surface area is 72.5 Å². The first kappa shape index (κ1) is 11.4. The number of hydrogen-bond acceptors (Lipinski definition) is 1. The van der Waals surface area contributed by atoms with Crippen LogP contribution in [0.25, 0.3) is 0 Å². The maximum absolute atomic E-state index is 2.47. The number of rotatable bonds is 5. The minimum atomic E-state index is -0.586. The van der Waals surface area contributed by atoms with E-state index >= 15 is 0 Å². The first-order valence-corrected chi connectivity index (χ1v) is 7.76. The van der Waals surface area contributed by atoms with Gasteiger partial charge < -0.3 is 0 Å². The molecule has 0 aliphatic rings. The highest BCUT2D eigenvalue weighted by Gasteiger charge is 2.18. The molecule has 11 heavy (non-hydrogen) atoms. The molecule has 68 valence electrons. The lowest BCUT2D eigenvalue weighted by molar-refractivity contribution is 0.379. The average molecular weight is 176 g/mol. The van der Waals surface area contributed by atoms with Gasteiger partial charge in [-0.25, -0.2) is 0 Å². The molecule has 0 bridgehead atoms. The van der Waals surface area contributed by atoms with Crippen molar-refractivity contribution in [2.45, 2.75) is 19.8 Å². The summed E-state index contributed by atoms with van der Waals surface area (Å²) >= 11 is 0. The van der Waals surface area contributed by atoms with Crippen molar-refractivity contribution in [1.29, 1.82) is 0 Å². The van der Waals surface area contributed by atoms with Gasteiger partial charge in [-0.15, -0.1) is 0 Å². The van der Waals surface area contributed by atoms with Gasteiger partial charge in [-0.3, -0.25) is 4.90 Å². The Morgan fingerprint density at radius 2 is 1.73 bits per heavy atom. The third kappa shape index (κ3) is 8.29. The molecule has 0 aliphatic carbocycles. The third-order valence-corrected chi connectivity index (χ3v) is 2.89. The zero-order valence-corrected chi connectivity index (χ0v) is 9.62. The zero-order chi connectivity index (χ0) is 8.91. The maximum atomic E-state index is 2.47. The molecule has 0 aliphatic heterocycles. The molecular formula is C9H23NP+. The summed E-state index contributed by atoms with van der Waals surface area (Å²) in [6.45, 7) is 10.7. The molecule has 2 heteroatoms. The van der Waals surface area contributed by atoms with Crippen LogP contribution < -0.4 is 0 Å². The van der Waals surface area contributed by atoms with Crippen molar-refractivity contribution in [2.24, 2.45) is 0 Å². The van der Waals surface area contributed by atoms with Crippen LogP contribution in [-0.4, -0.2) is 44.8 Å². The van der Waals surface area contributed by atoms with E-state index in [1.165, 1.54) is 25.7 Å². The predicted octanol–water partition coefficient (Wildman–Crippen LogP) is 2.58. The van der Waals surface area contributed by atoms with E-state index in [1.807, 2.05) is 0 Å². The van der Waals surface area contributed by atoms with Crippen LogP contribution in [0, 0.1) is 0 Å². The van der Waals surface area contributed by atoms with E-state index in [9.17, 15) is 0 Å². The molecule has 0 unspecified atom stereocenters. The average Bonchev–Trinajstić information content (AvgIpc) is 1.79. The summed E-state index contributed by atoms with van der Waals surface area (Å²) in [5.74, 6) is 0. The van der Waals surface area contributed by atoms with Crippen molar-refractivity contribution in [2.75, 3.05) is 39.9 Å². The SMILES string of the molecule is CCCCN(C)C[P+](C)(C)C. The first-order valence-electron chi connectivity index (χ1n) is 4.44. The van der Waals surface area contributed by atoms with E-state index in [0.29, 0.717) is 0 Å². The van der Waals surface area contributed by atoms with E-state index in [-0.39, 0.29) is 0 Å². The smallest absolute Gasteiger partial charge is 0.110 e. The van der Waals surface area contributed by atoms with Gasteiger partial charge in [-0.05, 0) is 13.5 Å². The summed E-state index contributed by atoms with van der Waals surface area (Å²) in [5, 5.41) is 0. The van der Waals surface area contributed by atoms with E-state index in [4.69, 9.17) is 0 Å². The molecule has 0 rings (SSSR count). The van der Waals surface area contributed by atoms with E-state index < -0.39 is 7.26 Å². The summed E-state index contributed by atoms with van der Waals surface area (Å²) < 4.78 is 0. The first-order chi connectivity index (χ1) is 4.95. The fourth-order valence-electron chi connectivity index (χ4n) is 1.22. The molecule has 0 N–H and O–H groups in total. The summed E-state index contributed by atoms with van der Waals surface area (Å²) in [4.78, 5) is 2.47. The molecule has 0 radical (unpaired) electrons. The lowest BCUT2D eigenvalue weighted by Gasteiger charge is -2.20. The van der Waals surface area contributed by atoms with Crippen molar-refractivity contribution in [3.63, 3.8) is 0 Å². The van der Waals surface area contributed by atoms with Crippen LogP contribution in [0.15, 0.2) is 0 Å². The highest BCUT2D eigenvalue weighted by Crippen LogP contribution is 2.46. The summed E-state index contributed by atoms with van der Waals surface area (Å²) in [6.07, 6.45) is 3.97. The van der Waals surface area contributed by atoms with Crippen molar-refractivity contribution < 1.29 is 0 Å². The Balaban J connectivity index is 3.44. The van der Waals surface area contributed by atoms with E-state index in [1.54, 1.807) is 0 Å². The van der Waals surface area contributed by atoms with Crippen molar-refractivity contribution in [1.82, 2.24) is 4.90 Å². The Kier molecular flexibility index (Phi) is 5.29. The standard InChI is InChI=1S/C9H23NP/c1-6-7-8-10(2)9-11(3,4)5/h6-9H2,1-5H3/q+1. The van der Waals surface area contributed by atoms with Crippen LogP contribution in [-0.2, 0) is 0 Å². The van der Waals surface area contributed by atoms with Gasteiger partial charge >= 0.3 is 0 Å². The molecule has 0 amide bonds. The van der Waals surface area contributed by atoms with Crippen LogP contribution in [0.2, 0.25) is 0 Å². The maximum Gasteiger partial charge on any atom is 0.110 e. The topological polar surface area (TPSA) is 3.24 Å². The monoisotopic (exact) mass is 176 g/mol. The van der Waals surface area contributed by atoms with Crippen LogP contribution in [0.5, 0.6) is 0 Å². The number of hydrogen-bond donors (Lipinski definition) is 0. The Morgan fingerprint density at radius 1 is 1.18 bits per heavy atom. The van der Waals surface area contributed by atoms with Gasteiger partial charge in [0.1, 0.15) is 6.29 Å². The number of unbranched alkanes of at least 4 members (excludes halogenated alkanes) is 1. The second kappa shape index (κ2) is 5.11. The van der Waals surface area contributed by atoms with Crippen molar-refractivity contribution >= 4 is 7.26 Å². The zero-order valence-electron chi connectivity index (χ0n) is 8.72. The van der Waals surface area contributed by atoms with Gasteiger partial charge in [0.2, 0.25) is 0 Å². The molecular weight excluding hydrogens is 153 g/mol. The fourth-order valence-corrected chi connectivity index (χ4v) is 2.81. The Morgan fingerprint density at radius 3 is 2.09 bits per heavy atom. The van der Waals surface area contributed by atoms with Gasteiger partial charge in [0, 0.05) is 33.8 Å². The molecule has 0 atom stereocenters. The lowest BCUT2D eigenvalue weighted by atomic mass is 10.3. The highest BCUT2D eigenvalue weighted by atomic mass is 31.2. The quantitative estimate of drug-likeness (QED) is 0.582. The Bertz CT molecular complexity index is 96.2. The van der Waals surface area contributed by atoms with Gasteiger partial charge in [0.15, 0.2) is 0 Å². The van der Waals surface area contributed by atoms with Gasteiger partial charge in [-0.1, -0.05) is 13.3 Å². The van der Waals surface area contributed by atoms with Crippen molar-refractivity contribution in [3.8, 4) is 0 Å². The molecule has 0 heterocycles. The van der Waals surface area contributed by atoms with Crippen LogP contribution in [0.1, 0.15) is 19.8 Å². The summed E-state index contributed by atoms with van der Waals surface area (Å²) in [7, 11) is 1.65. The largest absolute Gasteiger partial charge is 0.275 e. The van der Waals surface area contributed by atoms with Gasteiger partial charge in [0.25, 0.3) is 0 Å². The van der Waals surface area contributed by atoms with Gasteiger partial charge in [-0.2, -0.15) is 0 Å². The predicted molar refractivity (Wildman–Crippen MR) is 57.1 cm³/mol. The summed E-state index contributed by atoms with van der Waals surface area (Å²) in [5.41, 5.74) is 0. The molecule has 0 saturated carbocycles. The van der Waals surface area contributed by atoms with E-state index in [2.05, 4.69) is 38.9 Å². The molecule has 0 saturated heterocycles. The molecule has 0 aromatic heterocycles. The van der Waals surface area contributed by atoms with E-state index in [0.717, 1.165) is 0 Å². The van der Waals surface area contributed by atoms with Crippen LogP contribution in [0.4, 0.5) is 0 Å². The molecule has 0 spiro atoms. The fraction of sp³-hybridized carbons (Fsp3) is 1.00. The Hall–Kier alpha value is 0.390. The second-order valence-corrected chi connectivity index (χ2v) is 9.23. The van der Waals surface area contributed by atoms with Crippen LogP contribution in [0.3, 0.4) is 0 Å². The number of nitrogens with zero attached hydrogens (tertiary/aromatic N) is 1. The molecule has 1 nitrogen and oxygen atoms in total. The molecule has 0 aromatic carbocycles. The minimum absolute atomic E-state index is 0.586. The van der Waals surface area contributed by atoms with Crippen LogP contribution >= 0.6 is 7.26 Å². The second-order valence-electron chi connectivity index (χ2n) is 4.36.